The smallest absolute Gasteiger partial charge is 0.475 e. The number of carbonyl (C=O) groups excluding carboxylic acids is 2. The average molecular weight is 462 g/mol. The van der Waals surface area contributed by atoms with E-state index in [-0.39, 0.29) is 18.2 Å². The number of nitrogens with two attached hydrogens (primary N) is 1. The Morgan fingerprint density at radius 3 is 2.32 bits per heavy atom. The number of carboxylic acids is 1. The average Bonchev–Trinajstić information content (AvgIpc) is 3.17. The summed E-state index contributed by atoms with van der Waals surface area (Å²) in [5.74, 6) is -3.33. The van der Waals surface area contributed by atoms with E-state index in [1.807, 2.05) is 0 Å². The van der Waals surface area contributed by atoms with Crippen molar-refractivity contribution in [3.63, 3.8) is 0 Å². The summed E-state index contributed by atoms with van der Waals surface area (Å²) in [7, 11) is 1.32. The molecule has 168 valence electrons. The first-order valence-corrected chi connectivity index (χ1v) is 8.99. The maximum atomic E-state index is 12.1. The minimum Gasteiger partial charge on any atom is -0.475 e. The van der Waals surface area contributed by atoms with E-state index in [0.29, 0.717) is 27.9 Å². The number of thiazole rings is 1. The molecule has 0 unspecified atom stereocenters. The number of carboxylic acid groups (broad SMARTS) is 1. The molecule has 2 aromatic rings. The number of nitrogen functional groups attached to an aromatic ring is 1. The van der Waals surface area contributed by atoms with Crippen molar-refractivity contribution >= 4 is 40.2 Å². The number of halogens is 3. The van der Waals surface area contributed by atoms with Gasteiger partial charge in [0.15, 0.2) is 5.13 Å². The number of benzene rings is 1. The van der Waals surface area contributed by atoms with Crippen molar-refractivity contribution in [2.24, 2.45) is 5.73 Å². The number of anilines is 1. The number of nitrogens with one attached hydrogen (secondary N) is 2. The third-order valence-electron chi connectivity index (χ3n) is 3.16. The summed E-state index contributed by atoms with van der Waals surface area (Å²) in [5.41, 5.74) is 5.91. The van der Waals surface area contributed by atoms with Crippen LogP contribution in [0.2, 0.25) is 0 Å². The highest BCUT2D eigenvalue weighted by Gasteiger charge is 2.38. The summed E-state index contributed by atoms with van der Waals surface area (Å²) >= 11 is 1.12. The van der Waals surface area contributed by atoms with Crippen LogP contribution in [0.25, 0.3) is 0 Å². The Bertz CT molecular complexity index is 931. The van der Waals surface area contributed by atoms with Crippen LogP contribution in [-0.2, 0) is 14.3 Å². The number of carbonyl (C=O) groups is 3. The lowest BCUT2D eigenvalue weighted by Crippen LogP contribution is -2.21. The number of aliphatic carboxylic acids is 1. The number of hydrogen-bond donors (Lipinski definition) is 4. The van der Waals surface area contributed by atoms with Gasteiger partial charge in [-0.15, -0.1) is 0 Å². The van der Waals surface area contributed by atoms with Crippen molar-refractivity contribution in [2.75, 3.05) is 19.0 Å². The Morgan fingerprint density at radius 1 is 1.26 bits per heavy atom. The van der Waals surface area contributed by atoms with Crippen molar-refractivity contribution in [1.82, 2.24) is 4.98 Å². The molecule has 0 saturated carbocycles. The monoisotopic (exact) mass is 462 g/mol. The molecule has 1 heterocycles. The van der Waals surface area contributed by atoms with E-state index in [9.17, 15) is 22.8 Å². The predicted octanol–water partition coefficient (Wildman–Crippen LogP) is 2.25. The number of nitrogens with zero attached hydrogens (tertiary/aromatic N) is 1. The topological polar surface area (TPSA) is 165 Å². The number of methoxy groups -OCH3 is 1. The molecular weight excluding hydrogens is 445 g/mol. The van der Waals surface area contributed by atoms with Crippen molar-refractivity contribution < 1.29 is 42.1 Å². The van der Waals surface area contributed by atoms with Crippen LogP contribution < -0.4 is 15.8 Å². The highest BCUT2D eigenvalue weighted by Crippen LogP contribution is 2.21. The summed E-state index contributed by atoms with van der Waals surface area (Å²) in [6.07, 6.45) is -3.48. The highest BCUT2D eigenvalue weighted by atomic mass is 32.1. The minimum absolute atomic E-state index is 0.0574. The van der Waals surface area contributed by atoms with Gasteiger partial charge in [0.1, 0.15) is 16.5 Å². The zero-order chi connectivity index (χ0) is 23.6. The Labute approximate surface area is 177 Å². The van der Waals surface area contributed by atoms with Gasteiger partial charge in [0, 0.05) is 12.1 Å². The molecule has 2 rings (SSSR count). The summed E-state index contributed by atoms with van der Waals surface area (Å²) in [4.78, 5) is 36.3. The molecule has 0 spiro atoms. The van der Waals surface area contributed by atoms with Crippen molar-refractivity contribution in [1.29, 1.82) is 5.41 Å². The molecular formula is C17H17F3N4O6S. The van der Waals surface area contributed by atoms with Crippen LogP contribution in [0.1, 0.15) is 21.7 Å². The summed E-state index contributed by atoms with van der Waals surface area (Å²) in [6.45, 7) is 0.362. The van der Waals surface area contributed by atoms with Gasteiger partial charge in [-0.1, -0.05) is 11.3 Å². The van der Waals surface area contributed by atoms with Crippen LogP contribution in [0, 0.1) is 5.41 Å². The van der Waals surface area contributed by atoms with Crippen molar-refractivity contribution in [2.45, 2.75) is 12.6 Å². The number of aromatic nitrogens is 1. The maximum Gasteiger partial charge on any atom is 0.490 e. The van der Waals surface area contributed by atoms with E-state index in [4.69, 9.17) is 25.8 Å². The summed E-state index contributed by atoms with van der Waals surface area (Å²) < 4.78 is 41.5. The van der Waals surface area contributed by atoms with Crippen LogP contribution in [0.3, 0.4) is 0 Å². The third kappa shape index (κ3) is 9.12. The van der Waals surface area contributed by atoms with Gasteiger partial charge >= 0.3 is 24.1 Å². The first kappa shape index (κ1) is 25.4. The Balaban J connectivity index is 0.000000592. The van der Waals surface area contributed by atoms with E-state index in [1.54, 1.807) is 24.3 Å². The van der Waals surface area contributed by atoms with Gasteiger partial charge < -0.3 is 25.6 Å². The Kier molecular flexibility index (Phi) is 9.40. The fraction of sp³-hybridized carbons (Fsp3) is 0.235. The van der Waals surface area contributed by atoms with Crippen LogP contribution in [0.15, 0.2) is 30.5 Å². The highest BCUT2D eigenvalue weighted by molar-refractivity contribution is 7.17. The van der Waals surface area contributed by atoms with E-state index >= 15 is 0 Å². The second kappa shape index (κ2) is 11.5. The predicted molar refractivity (Wildman–Crippen MR) is 103 cm³/mol. The quantitative estimate of drug-likeness (QED) is 0.209. The van der Waals surface area contributed by atoms with Gasteiger partial charge in [-0.25, -0.2) is 14.6 Å². The lowest BCUT2D eigenvalue weighted by molar-refractivity contribution is -0.192. The van der Waals surface area contributed by atoms with E-state index in [0.717, 1.165) is 11.3 Å². The third-order valence-corrected chi connectivity index (χ3v) is 4.09. The van der Waals surface area contributed by atoms with Crippen LogP contribution in [0.5, 0.6) is 5.75 Å². The molecule has 0 fully saturated rings. The zero-order valence-corrected chi connectivity index (χ0v) is 16.7. The number of esters is 2. The normalized spacial score (nSPS) is 10.3. The van der Waals surface area contributed by atoms with Gasteiger partial charge in [-0.2, -0.15) is 13.2 Å². The maximum absolute atomic E-state index is 12.1. The standard InChI is InChI=1S/C15H16N4O4S.C2HF3O2/c1-22-12(20)6-7-18-15-19-8-11(24-15)14(21)23-10-4-2-9(3-5-10)13(16)17;3-2(4,5)1(6)7/h2-5,8H,6-7H2,1H3,(H3,16,17)(H,18,19);(H,6,7). The molecule has 10 nitrogen and oxygen atoms in total. The number of alkyl halides is 3. The molecule has 0 amide bonds. The molecule has 1 aromatic heterocycles. The lowest BCUT2D eigenvalue weighted by atomic mass is 10.2. The molecule has 0 saturated heterocycles. The molecule has 1 aromatic carbocycles. The first-order valence-electron chi connectivity index (χ1n) is 8.17. The number of ether oxygens (including phenoxy) is 2. The van der Waals surface area contributed by atoms with Gasteiger partial charge in [0.25, 0.3) is 0 Å². The molecule has 31 heavy (non-hydrogen) atoms. The van der Waals surface area contributed by atoms with Gasteiger partial charge in [-0.05, 0) is 24.3 Å². The Morgan fingerprint density at radius 2 is 1.84 bits per heavy atom. The fourth-order valence-corrected chi connectivity index (χ4v) is 2.40. The largest absolute Gasteiger partial charge is 0.490 e. The molecule has 5 N–H and O–H groups in total. The zero-order valence-electron chi connectivity index (χ0n) is 15.9. The molecule has 14 heteroatoms. The molecule has 0 bridgehead atoms. The second-order valence-corrected chi connectivity index (χ2v) is 6.44. The first-order chi connectivity index (χ1) is 14.4. The van der Waals surface area contributed by atoms with Gasteiger partial charge in [-0.3, -0.25) is 10.2 Å². The number of amidine groups is 1. The minimum atomic E-state index is -5.08. The molecule has 0 aliphatic carbocycles. The molecule has 0 aliphatic rings. The Hall–Kier alpha value is -3.68. The fourth-order valence-electron chi connectivity index (χ4n) is 1.68. The second-order valence-electron chi connectivity index (χ2n) is 5.41. The van der Waals surface area contributed by atoms with Gasteiger partial charge in [0.05, 0.1) is 19.7 Å². The van der Waals surface area contributed by atoms with E-state index < -0.39 is 18.1 Å². The lowest BCUT2D eigenvalue weighted by Gasteiger charge is -2.03. The summed E-state index contributed by atoms with van der Waals surface area (Å²) in [6, 6.07) is 6.31. The van der Waals surface area contributed by atoms with Crippen LogP contribution >= 0.6 is 11.3 Å². The molecule has 0 aliphatic heterocycles. The van der Waals surface area contributed by atoms with Gasteiger partial charge in [0.2, 0.25) is 0 Å². The van der Waals surface area contributed by atoms with Crippen molar-refractivity contribution in [3.05, 3.63) is 40.9 Å². The van der Waals surface area contributed by atoms with Crippen molar-refractivity contribution in [3.8, 4) is 5.75 Å². The SMILES string of the molecule is COC(=O)CCNc1ncc(C(=O)Oc2ccc(C(=N)N)cc2)s1.O=C(O)C(F)(F)F. The molecule has 0 atom stereocenters. The van der Waals surface area contributed by atoms with Crippen LogP contribution in [0.4, 0.5) is 18.3 Å². The summed E-state index contributed by atoms with van der Waals surface area (Å²) in [5, 5.41) is 17.9. The number of hydrogen-bond acceptors (Lipinski definition) is 9. The van der Waals surface area contributed by atoms with E-state index in [1.165, 1.54) is 13.3 Å². The number of rotatable bonds is 7. The van der Waals surface area contributed by atoms with Crippen LogP contribution in [-0.4, -0.2) is 53.7 Å². The molecule has 0 radical (unpaired) electrons. The van der Waals surface area contributed by atoms with E-state index in [2.05, 4.69) is 15.0 Å².